The van der Waals surface area contributed by atoms with Crippen molar-refractivity contribution in [3.8, 4) is 5.88 Å². The predicted octanol–water partition coefficient (Wildman–Crippen LogP) is 2.02. The summed E-state index contributed by atoms with van der Waals surface area (Å²) in [5.41, 5.74) is 6.82. The molecule has 1 saturated carbocycles. The second-order valence-electron chi connectivity index (χ2n) is 4.50. The fourth-order valence-corrected chi connectivity index (χ4v) is 2.42. The van der Waals surface area contributed by atoms with Crippen molar-refractivity contribution < 1.29 is 4.74 Å². The van der Waals surface area contributed by atoms with Crippen LogP contribution in [-0.4, -0.2) is 24.2 Å². The van der Waals surface area contributed by atoms with Crippen molar-refractivity contribution in [2.24, 2.45) is 11.7 Å². The van der Waals surface area contributed by atoms with E-state index in [1.165, 1.54) is 19.3 Å². The Morgan fingerprint density at radius 2 is 2.35 bits per heavy atom. The van der Waals surface area contributed by atoms with Crippen LogP contribution in [0.15, 0.2) is 18.3 Å². The van der Waals surface area contributed by atoms with Crippen LogP contribution in [0.5, 0.6) is 5.88 Å². The first kappa shape index (κ1) is 12.2. The van der Waals surface area contributed by atoms with Gasteiger partial charge in [-0.2, -0.15) is 0 Å². The van der Waals surface area contributed by atoms with Gasteiger partial charge in [-0.15, -0.1) is 0 Å². The molecular formula is C13H21N3O. The molecule has 1 fully saturated rings. The molecule has 0 bridgehead atoms. The van der Waals surface area contributed by atoms with Crippen LogP contribution in [0.1, 0.15) is 26.2 Å². The lowest BCUT2D eigenvalue weighted by molar-refractivity contribution is 0.327. The maximum Gasteiger partial charge on any atom is 0.213 e. The van der Waals surface area contributed by atoms with Crippen molar-refractivity contribution in [2.75, 3.05) is 18.5 Å². The number of nitrogens with zero attached hydrogens (tertiary/aromatic N) is 1. The third-order valence-electron chi connectivity index (χ3n) is 3.34. The number of hydrogen-bond donors (Lipinski definition) is 2. The zero-order chi connectivity index (χ0) is 12.1. The maximum absolute atomic E-state index is 5.77. The van der Waals surface area contributed by atoms with E-state index in [2.05, 4.69) is 10.3 Å². The third-order valence-corrected chi connectivity index (χ3v) is 3.34. The van der Waals surface area contributed by atoms with Crippen molar-refractivity contribution >= 4 is 5.69 Å². The molecule has 2 rings (SSSR count). The highest BCUT2D eigenvalue weighted by Gasteiger charge is 2.25. The smallest absolute Gasteiger partial charge is 0.213 e. The number of pyridine rings is 1. The Kier molecular flexibility index (Phi) is 4.20. The summed E-state index contributed by atoms with van der Waals surface area (Å²) in [5, 5.41) is 3.51. The van der Waals surface area contributed by atoms with E-state index < -0.39 is 0 Å². The largest absolute Gasteiger partial charge is 0.478 e. The second kappa shape index (κ2) is 5.87. The summed E-state index contributed by atoms with van der Waals surface area (Å²) < 4.78 is 5.31. The minimum Gasteiger partial charge on any atom is -0.478 e. The van der Waals surface area contributed by atoms with Crippen molar-refractivity contribution in [1.29, 1.82) is 0 Å². The fourth-order valence-electron chi connectivity index (χ4n) is 2.42. The van der Waals surface area contributed by atoms with Crippen LogP contribution in [0.4, 0.5) is 5.69 Å². The summed E-state index contributed by atoms with van der Waals surface area (Å²) in [6, 6.07) is 4.42. The third kappa shape index (κ3) is 3.09. The molecule has 1 aliphatic carbocycles. The maximum atomic E-state index is 5.77. The molecule has 0 aromatic carbocycles. The van der Waals surface area contributed by atoms with Gasteiger partial charge in [0.05, 0.1) is 18.5 Å². The number of nitrogens with one attached hydrogen (secondary N) is 1. The van der Waals surface area contributed by atoms with Crippen LogP contribution >= 0.6 is 0 Å². The molecule has 1 aliphatic rings. The monoisotopic (exact) mass is 235 g/mol. The summed E-state index contributed by atoms with van der Waals surface area (Å²) in [4.78, 5) is 4.25. The van der Waals surface area contributed by atoms with Gasteiger partial charge in [-0.3, -0.25) is 0 Å². The average molecular weight is 235 g/mol. The molecule has 0 amide bonds. The standard InChI is InChI=1S/C13H21N3O/c1-2-17-13-7-6-11(9-15-13)16-12-5-3-4-10(12)8-14/h6-7,9-10,12,16H,2-5,8,14H2,1H3. The number of aromatic nitrogens is 1. The lowest BCUT2D eigenvalue weighted by Crippen LogP contribution is -2.29. The van der Waals surface area contributed by atoms with Crippen LogP contribution < -0.4 is 15.8 Å². The average Bonchev–Trinajstić information content (AvgIpc) is 2.79. The molecule has 1 heterocycles. The lowest BCUT2D eigenvalue weighted by Gasteiger charge is -2.20. The van der Waals surface area contributed by atoms with E-state index in [4.69, 9.17) is 10.5 Å². The van der Waals surface area contributed by atoms with Gasteiger partial charge >= 0.3 is 0 Å². The minimum absolute atomic E-state index is 0.500. The van der Waals surface area contributed by atoms with Crippen LogP contribution in [0.2, 0.25) is 0 Å². The molecule has 0 radical (unpaired) electrons. The minimum atomic E-state index is 0.500. The van der Waals surface area contributed by atoms with Gasteiger partial charge in [0.1, 0.15) is 0 Å². The second-order valence-corrected chi connectivity index (χ2v) is 4.50. The van der Waals surface area contributed by atoms with E-state index in [0.29, 0.717) is 24.4 Å². The Morgan fingerprint density at radius 1 is 1.47 bits per heavy atom. The molecule has 94 valence electrons. The van der Waals surface area contributed by atoms with Crippen molar-refractivity contribution in [3.63, 3.8) is 0 Å². The first-order chi connectivity index (χ1) is 8.33. The molecule has 1 aromatic rings. The molecule has 17 heavy (non-hydrogen) atoms. The van der Waals surface area contributed by atoms with Crippen molar-refractivity contribution in [3.05, 3.63) is 18.3 Å². The summed E-state index contributed by atoms with van der Waals surface area (Å²) in [7, 11) is 0. The van der Waals surface area contributed by atoms with E-state index >= 15 is 0 Å². The summed E-state index contributed by atoms with van der Waals surface area (Å²) in [5.74, 6) is 1.28. The van der Waals surface area contributed by atoms with Crippen molar-refractivity contribution in [2.45, 2.75) is 32.2 Å². The quantitative estimate of drug-likeness (QED) is 0.819. The molecule has 2 atom stereocenters. The van der Waals surface area contributed by atoms with Gasteiger partial charge in [-0.05, 0) is 38.3 Å². The van der Waals surface area contributed by atoms with Crippen LogP contribution in [-0.2, 0) is 0 Å². The first-order valence-corrected chi connectivity index (χ1v) is 6.39. The van der Waals surface area contributed by atoms with E-state index in [9.17, 15) is 0 Å². The van der Waals surface area contributed by atoms with E-state index in [1.807, 2.05) is 25.3 Å². The first-order valence-electron chi connectivity index (χ1n) is 6.39. The van der Waals surface area contributed by atoms with Crippen LogP contribution in [0.3, 0.4) is 0 Å². The number of anilines is 1. The highest BCUT2D eigenvalue weighted by atomic mass is 16.5. The molecule has 0 saturated heterocycles. The molecular weight excluding hydrogens is 214 g/mol. The molecule has 2 unspecified atom stereocenters. The van der Waals surface area contributed by atoms with E-state index in [1.54, 1.807) is 0 Å². The Morgan fingerprint density at radius 3 is 3.00 bits per heavy atom. The normalized spacial score (nSPS) is 23.6. The van der Waals surface area contributed by atoms with Crippen molar-refractivity contribution in [1.82, 2.24) is 4.98 Å². The Bertz CT molecular complexity index is 339. The highest BCUT2D eigenvalue weighted by molar-refractivity contribution is 5.43. The fraction of sp³-hybridized carbons (Fsp3) is 0.615. The van der Waals surface area contributed by atoms with E-state index in [-0.39, 0.29) is 0 Å². The Balaban J connectivity index is 1.94. The zero-order valence-electron chi connectivity index (χ0n) is 10.4. The number of ether oxygens (including phenoxy) is 1. The Labute approximate surface area is 103 Å². The van der Waals surface area contributed by atoms with Gasteiger partial charge in [-0.1, -0.05) is 6.42 Å². The lowest BCUT2D eigenvalue weighted by atomic mass is 10.0. The van der Waals surface area contributed by atoms with Gasteiger partial charge in [0.15, 0.2) is 0 Å². The topological polar surface area (TPSA) is 60.2 Å². The van der Waals surface area contributed by atoms with Crippen LogP contribution in [0, 0.1) is 5.92 Å². The molecule has 0 spiro atoms. The van der Waals surface area contributed by atoms with Gasteiger partial charge < -0.3 is 15.8 Å². The SMILES string of the molecule is CCOc1ccc(NC2CCCC2CN)cn1. The number of nitrogens with two attached hydrogens (primary N) is 1. The molecule has 4 heteroatoms. The molecule has 4 nitrogen and oxygen atoms in total. The summed E-state index contributed by atoms with van der Waals surface area (Å²) in [6.45, 7) is 3.37. The molecule has 3 N–H and O–H groups in total. The van der Waals surface area contributed by atoms with E-state index in [0.717, 1.165) is 12.2 Å². The zero-order valence-corrected chi connectivity index (χ0v) is 10.4. The Hall–Kier alpha value is -1.29. The highest BCUT2D eigenvalue weighted by Crippen LogP contribution is 2.27. The molecule has 1 aromatic heterocycles. The predicted molar refractivity (Wildman–Crippen MR) is 69.2 cm³/mol. The van der Waals surface area contributed by atoms with Crippen LogP contribution in [0.25, 0.3) is 0 Å². The summed E-state index contributed by atoms with van der Waals surface area (Å²) >= 11 is 0. The molecule has 0 aliphatic heterocycles. The van der Waals surface area contributed by atoms with Gasteiger partial charge in [0, 0.05) is 12.1 Å². The number of hydrogen-bond acceptors (Lipinski definition) is 4. The summed E-state index contributed by atoms with van der Waals surface area (Å²) in [6.07, 6.45) is 5.54. The van der Waals surface area contributed by atoms with Gasteiger partial charge in [-0.25, -0.2) is 4.98 Å². The van der Waals surface area contributed by atoms with Gasteiger partial charge in [0.2, 0.25) is 5.88 Å². The number of rotatable bonds is 5. The van der Waals surface area contributed by atoms with Gasteiger partial charge in [0.25, 0.3) is 0 Å².